The van der Waals surface area contributed by atoms with Gasteiger partial charge in [0.05, 0.1) is 19.3 Å². The van der Waals surface area contributed by atoms with Gasteiger partial charge in [-0.25, -0.2) is 8.78 Å². The van der Waals surface area contributed by atoms with Crippen molar-refractivity contribution < 1.29 is 28.1 Å². The van der Waals surface area contributed by atoms with Crippen molar-refractivity contribution in [3.8, 4) is 11.5 Å². The van der Waals surface area contributed by atoms with Crippen LogP contribution in [0, 0.1) is 0 Å². The number of aliphatic hydroxyl groups excluding tert-OH is 1. The number of rotatable bonds is 6. The largest absolute Gasteiger partial charge is 0.490 e. The first kappa shape index (κ1) is 16.5. The van der Waals surface area contributed by atoms with E-state index in [1.165, 1.54) is 0 Å². The van der Waals surface area contributed by atoms with Gasteiger partial charge in [-0.3, -0.25) is 0 Å². The molecule has 1 aliphatic rings. The molecule has 118 valence electrons. The van der Waals surface area contributed by atoms with Crippen LogP contribution in [0.3, 0.4) is 0 Å². The van der Waals surface area contributed by atoms with E-state index in [0.717, 1.165) is 6.42 Å². The summed E-state index contributed by atoms with van der Waals surface area (Å²) in [6.07, 6.45) is -2.29. The van der Waals surface area contributed by atoms with Crippen LogP contribution in [0.5, 0.6) is 11.5 Å². The van der Waals surface area contributed by atoms with Crippen molar-refractivity contribution in [1.29, 1.82) is 0 Å². The third-order valence-corrected chi connectivity index (χ3v) is 3.69. The fourth-order valence-corrected chi connectivity index (χ4v) is 2.56. The van der Waals surface area contributed by atoms with Crippen LogP contribution >= 0.6 is 15.9 Å². The predicted molar refractivity (Wildman–Crippen MR) is 76.1 cm³/mol. The fraction of sp³-hybridized carbons (Fsp3) is 0.571. The van der Waals surface area contributed by atoms with E-state index in [2.05, 4.69) is 15.9 Å². The molecule has 0 radical (unpaired) electrons. The summed E-state index contributed by atoms with van der Waals surface area (Å²) in [6, 6.07) is 3.46. The van der Waals surface area contributed by atoms with Gasteiger partial charge >= 0.3 is 0 Å². The van der Waals surface area contributed by atoms with Crippen LogP contribution in [0.2, 0.25) is 0 Å². The van der Waals surface area contributed by atoms with Crippen molar-refractivity contribution in [3.05, 3.63) is 22.2 Å². The summed E-state index contributed by atoms with van der Waals surface area (Å²) in [4.78, 5) is 0. The van der Waals surface area contributed by atoms with E-state index >= 15 is 0 Å². The maximum Gasteiger partial charge on any atom is 0.261 e. The van der Waals surface area contributed by atoms with Crippen LogP contribution in [0.25, 0.3) is 0 Å². The van der Waals surface area contributed by atoms with Crippen molar-refractivity contribution >= 4 is 15.9 Å². The highest BCUT2D eigenvalue weighted by atomic mass is 79.9. The summed E-state index contributed by atoms with van der Waals surface area (Å²) in [5.74, 6) is 1.21. The lowest BCUT2D eigenvalue weighted by molar-refractivity contribution is 0.00472. The van der Waals surface area contributed by atoms with Gasteiger partial charge < -0.3 is 19.3 Å². The molecule has 4 nitrogen and oxygen atoms in total. The monoisotopic (exact) mass is 366 g/mol. The van der Waals surface area contributed by atoms with E-state index in [1.54, 1.807) is 12.1 Å². The number of benzene rings is 1. The Hall–Kier alpha value is -0.920. The van der Waals surface area contributed by atoms with Gasteiger partial charge in [0.25, 0.3) is 6.43 Å². The summed E-state index contributed by atoms with van der Waals surface area (Å²) in [5, 5.41) is 10.1. The maximum absolute atomic E-state index is 11.9. The SMILES string of the molecule is OC(CCOCC(F)F)c1cc2c(cc1Br)OCCCO2. The Kier molecular flexibility index (Phi) is 6.20. The molecular weight excluding hydrogens is 350 g/mol. The van der Waals surface area contributed by atoms with Gasteiger partial charge in [0.15, 0.2) is 11.5 Å². The van der Waals surface area contributed by atoms with Gasteiger partial charge in [0, 0.05) is 23.9 Å². The maximum atomic E-state index is 11.9. The van der Waals surface area contributed by atoms with Gasteiger partial charge in [-0.2, -0.15) is 0 Å². The van der Waals surface area contributed by atoms with E-state index in [9.17, 15) is 13.9 Å². The molecule has 0 bridgehead atoms. The van der Waals surface area contributed by atoms with Gasteiger partial charge in [0.1, 0.15) is 6.61 Å². The molecule has 21 heavy (non-hydrogen) atoms. The van der Waals surface area contributed by atoms with Crippen LogP contribution < -0.4 is 9.47 Å². The molecule has 0 spiro atoms. The Labute approximate surface area is 130 Å². The Bertz CT molecular complexity index is 471. The van der Waals surface area contributed by atoms with Crippen molar-refractivity contribution in [2.45, 2.75) is 25.4 Å². The quantitative estimate of drug-likeness (QED) is 0.784. The highest BCUT2D eigenvalue weighted by Gasteiger charge is 2.18. The number of hydrogen-bond donors (Lipinski definition) is 1. The highest BCUT2D eigenvalue weighted by molar-refractivity contribution is 9.10. The fourth-order valence-electron chi connectivity index (χ4n) is 1.98. The van der Waals surface area contributed by atoms with Crippen molar-refractivity contribution in [2.75, 3.05) is 26.4 Å². The second kappa shape index (κ2) is 7.91. The second-order valence-corrected chi connectivity index (χ2v) is 5.50. The number of fused-ring (bicyclic) bond motifs is 1. The van der Waals surface area contributed by atoms with Gasteiger partial charge in [-0.05, 0) is 17.7 Å². The van der Waals surface area contributed by atoms with E-state index in [4.69, 9.17) is 14.2 Å². The molecule has 1 atom stereocenters. The van der Waals surface area contributed by atoms with E-state index in [1.807, 2.05) is 0 Å². The number of hydrogen-bond acceptors (Lipinski definition) is 4. The first-order valence-corrected chi connectivity index (χ1v) is 7.50. The highest BCUT2D eigenvalue weighted by Crippen LogP contribution is 2.38. The molecule has 0 saturated heterocycles. The molecule has 7 heteroatoms. The first-order chi connectivity index (χ1) is 10.1. The summed E-state index contributed by atoms with van der Waals surface area (Å²) in [6.45, 7) is 0.589. The van der Waals surface area contributed by atoms with E-state index < -0.39 is 19.1 Å². The molecule has 0 aliphatic carbocycles. The predicted octanol–water partition coefficient (Wildman–Crippen LogP) is 3.32. The summed E-state index contributed by atoms with van der Waals surface area (Å²) in [7, 11) is 0. The van der Waals surface area contributed by atoms with Crippen LogP contribution in [-0.4, -0.2) is 38.0 Å². The van der Waals surface area contributed by atoms with E-state index in [-0.39, 0.29) is 13.0 Å². The Morgan fingerprint density at radius 3 is 2.57 bits per heavy atom. The minimum atomic E-state index is -2.49. The average molecular weight is 367 g/mol. The molecular formula is C14H17BrF2O4. The summed E-state index contributed by atoms with van der Waals surface area (Å²) >= 11 is 3.38. The molecule has 2 rings (SSSR count). The molecule has 1 aliphatic heterocycles. The van der Waals surface area contributed by atoms with Gasteiger partial charge in [-0.1, -0.05) is 15.9 Å². The van der Waals surface area contributed by atoms with Crippen molar-refractivity contribution in [1.82, 2.24) is 0 Å². The zero-order valence-corrected chi connectivity index (χ0v) is 12.9. The topological polar surface area (TPSA) is 47.9 Å². The smallest absolute Gasteiger partial charge is 0.261 e. The lowest BCUT2D eigenvalue weighted by atomic mass is 10.1. The van der Waals surface area contributed by atoms with Gasteiger partial charge in [-0.15, -0.1) is 0 Å². The molecule has 0 fully saturated rings. The van der Waals surface area contributed by atoms with Crippen LogP contribution in [0.15, 0.2) is 16.6 Å². The second-order valence-electron chi connectivity index (χ2n) is 4.64. The lowest BCUT2D eigenvalue weighted by Gasteiger charge is -2.16. The lowest BCUT2D eigenvalue weighted by Crippen LogP contribution is -2.09. The van der Waals surface area contributed by atoms with Crippen LogP contribution in [-0.2, 0) is 4.74 Å². The molecule has 1 unspecified atom stereocenters. The molecule has 0 aromatic heterocycles. The Morgan fingerprint density at radius 1 is 1.24 bits per heavy atom. The third kappa shape index (κ3) is 4.79. The summed E-state index contributed by atoms with van der Waals surface area (Å²) < 4.78 is 40.5. The van der Waals surface area contributed by atoms with Crippen molar-refractivity contribution in [3.63, 3.8) is 0 Å². The number of ether oxygens (including phenoxy) is 3. The van der Waals surface area contributed by atoms with Crippen molar-refractivity contribution in [2.24, 2.45) is 0 Å². The molecule has 1 aromatic rings. The Balaban J connectivity index is 2.00. The first-order valence-electron chi connectivity index (χ1n) is 6.71. The molecule has 0 amide bonds. The minimum absolute atomic E-state index is 0.0619. The normalized spacial score (nSPS) is 15.9. The van der Waals surface area contributed by atoms with Crippen LogP contribution in [0.1, 0.15) is 24.5 Å². The van der Waals surface area contributed by atoms with Gasteiger partial charge in [0.2, 0.25) is 0 Å². The number of alkyl halides is 2. The Morgan fingerprint density at radius 2 is 1.90 bits per heavy atom. The molecule has 1 aromatic carbocycles. The zero-order valence-electron chi connectivity index (χ0n) is 11.4. The third-order valence-electron chi connectivity index (χ3n) is 3.01. The molecule has 1 heterocycles. The zero-order chi connectivity index (χ0) is 15.2. The standard InChI is InChI=1S/C14H17BrF2O4/c15-10-7-13-12(20-3-1-4-21-13)6-9(10)11(18)2-5-19-8-14(16)17/h6-7,11,14,18H,1-5,8H2. The van der Waals surface area contributed by atoms with Crippen LogP contribution in [0.4, 0.5) is 8.78 Å². The number of aliphatic hydroxyl groups is 1. The summed E-state index contributed by atoms with van der Waals surface area (Å²) in [5.41, 5.74) is 0.625. The minimum Gasteiger partial charge on any atom is -0.490 e. The van der Waals surface area contributed by atoms with E-state index in [0.29, 0.717) is 34.7 Å². The number of halogens is 3. The molecule has 1 N–H and O–H groups in total. The molecule has 0 saturated carbocycles. The average Bonchev–Trinajstić information content (AvgIpc) is 2.67.